The van der Waals surface area contributed by atoms with Gasteiger partial charge in [-0.1, -0.05) is 13.8 Å². The summed E-state index contributed by atoms with van der Waals surface area (Å²) in [7, 11) is 0. The van der Waals surface area contributed by atoms with Crippen molar-refractivity contribution >= 4 is 27.6 Å². The second kappa shape index (κ2) is 7.23. The summed E-state index contributed by atoms with van der Waals surface area (Å²) in [6.45, 7) is 13.8. The van der Waals surface area contributed by atoms with E-state index in [9.17, 15) is 9.90 Å². The maximum Gasteiger partial charge on any atom is 0.337 e. The summed E-state index contributed by atoms with van der Waals surface area (Å²) in [5.41, 5.74) is 1.99. The molecule has 1 aromatic heterocycles. The third-order valence-electron chi connectivity index (χ3n) is 4.63. The zero-order chi connectivity index (χ0) is 19.0. The molecule has 1 N–H and O–H groups in total. The molecule has 6 heteroatoms. The van der Waals surface area contributed by atoms with Gasteiger partial charge < -0.3 is 14.7 Å². The number of aryl methyl sites for hydroxylation is 1. The topological polar surface area (TPSA) is 62.7 Å². The van der Waals surface area contributed by atoms with Crippen LogP contribution in [-0.4, -0.2) is 34.8 Å². The molecule has 0 bridgehead atoms. The van der Waals surface area contributed by atoms with Crippen LogP contribution < -0.4 is 4.90 Å². The van der Waals surface area contributed by atoms with Crippen molar-refractivity contribution in [3.8, 4) is 0 Å². The van der Waals surface area contributed by atoms with Crippen molar-refractivity contribution in [3.63, 3.8) is 0 Å². The predicted molar refractivity (Wildman–Crippen MR) is 103 cm³/mol. The molecule has 1 saturated heterocycles. The summed E-state index contributed by atoms with van der Waals surface area (Å²) in [6.07, 6.45) is 2.84. The van der Waals surface area contributed by atoms with E-state index in [1.165, 1.54) is 0 Å². The summed E-state index contributed by atoms with van der Waals surface area (Å²) >= 11 is 3.59. The highest BCUT2D eigenvalue weighted by atomic mass is 79.9. The van der Waals surface area contributed by atoms with Crippen molar-refractivity contribution in [2.75, 3.05) is 18.0 Å². The molecule has 1 atom stereocenters. The Hall–Kier alpha value is -1.14. The first-order valence-corrected chi connectivity index (χ1v) is 9.51. The Bertz CT molecular complexity index is 643. The van der Waals surface area contributed by atoms with Gasteiger partial charge in [0, 0.05) is 30.5 Å². The van der Waals surface area contributed by atoms with Crippen molar-refractivity contribution in [2.24, 2.45) is 5.41 Å². The maximum absolute atomic E-state index is 12.0. The number of carboxylic acids is 1. The average molecular weight is 413 g/mol. The molecule has 1 unspecified atom stereocenters. The lowest BCUT2D eigenvalue weighted by Gasteiger charge is -2.40. The summed E-state index contributed by atoms with van der Waals surface area (Å²) in [5.74, 6) is -0.989. The minimum absolute atomic E-state index is 0.319. The van der Waals surface area contributed by atoms with Crippen molar-refractivity contribution in [3.05, 3.63) is 21.9 Å². The normalized spacial score (nSPS) is 18.9. The Kier molecular flexibility index (Phi) is 5.84. The zero-order valence-electron chi connectivity index (χ0n) is 16.0. The number of hydrogen-bond donors (Lipinski definition) is 1. The zero-order valence-corrected chi connectivity index (χ0v) is 17.6. The molecule has 0 amide bonds. The average Bonchev–Trinajstić information content (AvgIpc) is 2.47. The van der Waals surface area contributed by atoms with Gasteiger partial charge in [0.2, 0.25) is 0 Å². The molecule has 1 aromatic rings. The van der Waals surface area contributed by atoms with Crippen LogP contribution in [-0.2, 0) is 9.53 Å². The number of aliphatic carboxylic acids is 1. The number of aromatic nitrogens is 1. The molecule has 5 nitrogen and oxygen atoms in total. The maximum atomic E-state index is 12.0. The monoisotopic (exact) mass is 412 g/mol. The number of anilines is 1. The van der Waals surface area contributed by atoms with Crippen LogP contribution in [0.2, 0.25) is 0 Å². The van der Waals surface area contributed by atoms with Crippen LogP contribution in [0.5, 0.6) is 0 Å². The summed E-state index contributed by atoms with van der Waals surface area (Å²) in [6, 6.07) is 0. The van der Waals surface area contributed by atoms with Gasteiger partial charge in [-0.3, -0.25) is 4.98 Å². The third kappa shape index (κ3) is 4.94. The van der Waals surface area contributed by atoms with Crippen molar-refractivity contribution in [1.29, 1.82) is 0 Å². The van der Waals surface area contributed by atoms with Gasteiger partial charge in [-0.05, 0) is 61.9 Å². The molecule has 1 aliphatic rings. The summed E-state index contributed by atoms with van der Waals surface area (Å²) < 4.78 is 6.72. The molecule has 1 fully saturated rings. The van der Waals surface area contributed by atoms with Gasteiger partial charge in [0.15, 0.2) is 6.10 Å². The Labute approximate surface area is 158 Å². The standard InChI is InChI=1S/C19H29BrN2O3/c1-12-14(16(17(23)24)25-18(2,3)4)15(13(20)11-21-12)22-9-7-19(5,6)8-10-22/h11,16H,7-10H2,1-6H3,(H,23,24). The van der Waals surface area contributed by atoms with E-state index in [4.69, 9.17) is 4.74 Å². The minimum atomic E-state index is -1.05. The number of ether oxygens (including phenoxy) is 1. The van der Waals surface area contributed by atoms with E-state index in [1.54, 1.807) is 6.20 Å². The van der Waals surface area contributed by atoms with E-state index < -0.39 is 17.7 Å². The quantitative estimate of drug-likeness (QED) is 0.774. The lowest BCUT2D eigenvalue weighted by Crippen LogP contribution is -2.39. The van der Waals surface area contributed by atoms with Gasteiger partial charge in [-0.2, -0.15) is 0 Å². The minimum Gasteiger partial charge on any atom is -0.479 e. The van der Waals surface area contributed by atoms with Crippen molar-refractivity contribution < 1.29 is 14.6 Å². The fourth-order valence-electron chi connectivity index (χ4n) is 3.14. The first-order valence-electron chi connectivity index (χ1n) is 8.72. The number of nitrogens with zero attached hydrogens (tertiary/aromatic N) is 2. The van der Waals surface area contributed by atoms with Crippen molar-refractivity contribution in [2.45, 2.75) is 66.1 Å². The van der Waals surface area contributed by atoms with Crippen LogP contribution in [0.3, 0.4) is 0 Å². The Morgan fingerprint density at radius 3 is 2.40 bits per heavy atom. The molecular weight excluding hydrogens is 384 g/mol. The first-order chi connectivity index (χ1) is 11.4. The lowest BCUT2D eigenvalue weighted by molar-refractivity contribution is -0.160. The Balaban J connectivity index is 2.50. The van der Waals surface area contributed by atoms with Crippen LogP contribution in [0.4, 0.5) is 5.69 Å². The Morgan fingerprint density at radius 1 is 1.36 bits per heavy atom. The Morgan fingerprint density at radius 2 is 1.92 bits per heavy atom. The van der Waals surface area contributed by atoms with Gasteiger partial charge in [0.1, 0.15) is 0 Å². The SMILES string of the molecule is Cc1ncc(Br)c(N2CCC(C)(C)CC2)c1C(OC(C)(C)C)C(=O)O. The molecule has 25 heavy (non-hydrogen) atoms. The van der Waals surface area contributed by atoms with Gasteiger partial charge in [0.05, 0.1) is 15.8 Å². The smallest absolute Gasteiger partial charge is 0.337 e. The highest BCUT2D eigenvalue weighted by molar-refractivity contribution is 9.10. The van der Waals surface area contributed by atoms with E-state index in [2.05, 4.69) is 39.7 Å². The highest BCUT2D eigenvalue weighted by Crippen LogP contribution is 2.41. The molecule has 0 saturated carbocycles. The number of rotatable bonds is 4. The van der Waals surface area contributed by atoms with Crippen LogP contribution in [0.1, 0.15) is 64.8 Å². The van der Waals surface area contributed by atoms with Gasteiger partial charge >= 0.3 is 5.97 Å². The van der Waals surface area contributed by atoms with E-state index in [0.29, 0.717) is 16.7 Å². The number of carbonyl (C=O) groups is 1. The second-order valence-corrected chi connectivity index (χ2v) is 9.41. The molecule has 2 heterocycles. The van der Waals surface area contributed by atoms with Crippen molar-refractivity contribution in [1.82, 2.24) is 4.98 Å². The fraction of sp³-hybridized carbons (Fsp3) is 0.684. The van der Waals surface area contributed by atoms with E-state index >= 15 is 0 Å². The molecule has 0 spiro atoms. The fourth-order valence-corrected chi connectivity index (χ4v) is 3.71. The van der Waals surface area contributed by atoms with Gasteiger partial charge in [-0.25, -0.2) is 4.79 Å². The van der Waals surface area contributed by atoms with Gasteiger partial charge in [-0.15, -0.1) is 0 Å². The van der Waals surface area contributed by atoms with E-state index in [1.807, 2.05) is 27.7 Å². The van der Waals surface area contributed by atoms with Crippen LogP contribution >= 0.6 is 15.9 Å². The van der Waals surface area contributed by atoms with Crippen LogP contribution in [0.15, 0.2) is 10.7 Å². The molecule has 140 valence electrons. The highest BCUT2D eigenvalue weighted by Gasteiger charge is 2.35. The molecule has 1 aliphatic heterocycles. The molecule has 0 aromatic carbocycles. The second-order valence-electron chi connectivity index (χ2n) is 8.55. The molecule has 0 aliphatic carbocycles. The molecular formula is C19H29BrN2O3. The van der Waals surface area contributed by atoms with E-state index in [0.717, 1.165) is 36.1 Å². The first kappa shape index (κ1) is 20.2. The summed E-state index contributed by atoms with van der Waals surface area (Å²) in [5, 5.41) is 9.82. The third-order valence-corrected chi connectivity index (χ3v) is 5.21. The van der Waals surface area contributed by atoms with Crippen LogP contribution in [0.25, 0.3) is 0 Å². The van der Waals surface area contributed by atoms with Crippen LogP contribution in [0, 0.1) is 12.3 Å². The number of piperidine rings is 1. The largest absolute Gasteiger partial charge is 0.479 e. The molecule has 0 radical (unpaired) electrons. The lowest BCUT2D eigenvalue weighted by atomic mass is 9.82. The number of hydrogen-bond acceptors (Lipinski definition) is 4. The molecule has 2 rings (SSSR count). The van der Waals surface area contributed by atoms with E-state index in [-0.39, 0.29) is 0 Å². The number of halogens is 1. The number of pyridine rings is 1. The van der Waals surface area contributed by atoms with Gasteiger partial charge in [0.25, 0.3) is 0 Å². The summed E-state index contributed by atoms with van der Waals surface area (Å²) in [4.78, 5) is 18.6. The predicted octanol–water partition coefficient (Wildman–Crippen LogP) is 4.72. The number of carboxylic acid groups (broad SMARTS) is 1.